The van der Waals surface area contributed by atoms with Gasteiger partial charge in [0.15, 0.2) is 8.32 Å². The van der Waals surface area contributed by atoms with Gasteiger partial charge in [-0.2, -0.15) is 0 Å². The lowest BCUT2D eigenvalue weighted by molar-refractivity contribution is -0.137. The first kappa shape index (κ1) is 38.7. The summed E-state index contributed by atoms with van der Waals surface area (Å²) in [6.07, 6.45) is 14.8. The van der Waals surface area contributed by atoms with Crippen LogP contribution in [0.1, 0.15) is 128 Å². The molecular weight excluding hydrogens is 601 g/mol. The first-order chi connectivity index (χ1) is 22.3. The van der Waals surface area contributed by atoms with Crippen molar-refractivity contribution in [2.24, 2.45) is 11.8 Å². The zero-order chi connectivity index (χ0) is 34.5. The van der Waals surface area contributed by atoms with Gasteiger partial charge in [-0.05, 0) is 79.4 Å². The first-order valence-electron chi connectivity index (χ1n) is 18.3. The molecule has 47 heavy (non-hydrogen) atoms. The molecule has 0 fully saturated rings. The summed E-state index contributed by atoms with van der Waals surface area (Å²) in [5.74, 6) is -0.309. The molecule has 0 heterocycles. The van der Waals surface area contributed by atoms with Crippen LogP contribution in [0.5, 0.6) is 0 Å². The molecule has 3 rings (SSSR count). The van der Waals surface area contributed by atoms with Gasteiger partial charge in [0.1, 0.15) is 6.10 Å². The van der Waals surface area contributed by atoms with Crippen molar-refractivity contribution in [3.8, 4) is 11.1 Å². The molecule has 1 aliphatic rings. The van der Waals surface area contributed by atoms with Crippen molar-refractivity contribution < 1.29 is 23.9 Å². The first-order valence-corrected chi connectivity index (χ1v) is 21.2. The quantitative estimate of drug-likeness (QED) is 0.0661. The van der Waals surface area contributed by atoms with Gasteiger partial charge in [-0.1, -0.05) is 127 Å². The summed E-state index contributed by atoms with van der Waals surface area (Å²) >= 11 is 0. The van der Waals surface area contributed by atoms with E-state index < -0.39 is 14.3 Å². The molecule has 1 unspecified atom stereocenters. The number of esters is 1. The second-order valence-corrected chi connectivity index (χ2v) is 20.0. The van der Waals surface area contributed by atoms with Gasteiger partial charge < -0.3 is 14.3 Å². The number of carbonyl (C=O) groups is 2. The maximum absolute atomic E-state index is 13.4. The third-order valence-electron chi connectivity index (χ3n) is 10.5. The molecule has 2 aromatic carbocycles. The van der Waals surface area contributed by atoms with Crippen LogP contribution in [0, 0.1) is 11.8 Å². The Balaban J connectivity index is 1.70. The standard InChI is InChI=1S/C41H62O5Si/c1-8-9-13-18-31(2)37(46-47(6,7)41(3,4)5)29-27-34-28-30-38(36(34)21-16-10-11-17-22-39(42)43)45-40(44)35-25-23-33(24-26-35)32-19-14-12-15-20-32/h12,14-15,19-20,23-26,28,31,36-38H,8-11,13,16-18,21-22,27,29-30H2,1-7H3,(H,42,43)/t31?,36-,37+,38+/m1/s1. The molecule has 260 valence electrons. The summed E-state index contributed by atoms with van der Waals surface area (Å²) < 4.78 is 13.4. The van der Waals surface area contributed by atoms with E-state index in [1.807, 2.05) is 42.5 Å². The number of aliphatic carboxylic acids is 1. The molecule has 1 aliphatic carbocycles. The Hall–Kier alpha value is -2.70. The molecular formula is C41H62O5Si. The lowest BCUT2D eigenvalue weighted by atomic mass is 9.87. The van der Waals surface area contributed by atoms with Crippen LogP contribution in [-0.2, 0) is 14.0 Å². The highest BCUT2D eigenvalue weighted by Gasteiger charge is 2.40. The Morgan fingerprint density at radius 1 is 0.894 bits per heavy atom. The fourth-order valence-electron chi connectivity index (χ4n) is 6.47. The molecule has 0 bridgehead atoms. The average Bonchev–Trinajstić information content (AvgIpc) is 3.41. The highest BCUT2D eigenvalue weighted by atomic mass is 28.4. The van der Waals surface area contributed by atoms with Crippen LogP contribution in [0.15, 0.2) is 66.2 Å². The predicted octanol–water partition coefficient (Wildman–Crippen LogP) is 11.6. The monoisotopic (exact) mass is 662 g/mol. The van der Waals surface area contributed by atoms with E-state index in [1.165, 1.54) is 31.3 Å². The van der Waals surface area contributed by atoms with Gasteiger partial charge in [0.2, 0.25) is 0 Å². The number of carboxylic acid groups (broad SMARTS) is 1. The SMILES string of the molecule is CCCCCC(C)[C@H](CCC1=CC[C@H](OC(=O)c2ccc(-c3ccccc3)cc2)[C@@H]1CCCCCCC(=O)O)O[Si](C)(C)C(C)(C)C. The van der Waals surface area contributed by atoms with E-state index in [0.29, 0.717) is 17.9 Å². The van der Waals surface area contributed by atoms with Crippen LogP contribution in [0.3, 0.4) is 0 Å². The van der Waals surface area contributed by atoms with E-state index in [9.17, 15) is 9.59 Å². The Morgan fingerprint density at radius 3 is 2.19 bits per heavy atom. The molecule has 0 saturated heterocycles. The molecule has 1 N–H and O–H groups in total. The van der Waals surface area contributed by atoms with E-state index in [-0.39, 0.29) is 35.6 Å². The van der Waals surface area contributed by atoms with Crippen molar-refractivity contribution in [2.45, 2.75) is 148 Å². The summed E-state index contributed by atoms with van der Waals surface area (Å²) in [6, 6.07) is 17.9. The average molecular weight is 663 g/mol. The zero-order valence-corrected chi connectivity index (χ0v) is 31.4. The number of hydrogen-bond acceptors (Lipinski definition) is 4. The Bertz CT molecular complexity index is 1260. The number of carbonyl (C=O) groups excluding carboxylic acids is 1. The molecule has 6 heteroatoms. The van der Waals surface area contributed by atoms with Crippen molar-refractivity contribution in [3.63, 3.8) is 0 Å². The van der Waals surface area contributed by atoms with Crippen LogP contribution in [-0.4, -0.2) is 37.6 Å². The zero-order valence-electron chi connectivity index (χ0n) is 30.4. The van der Waals surface area contributed by atoms with Gasteiger partial charge in [0, 0.05) is 24.9 Å². The molecule has 0 saturated carbocycles. The molecule has 0 aliphatic heterocycles. The maximum atomic E-state index is 13.4. The summed E-state index contributed by atoms with van der Waals surface area (Å²) in [4.78, 5) is 24.4. The number of unbranched alkanes of at least 4 members (excludes halogenated alkanes) is 5. The fourth-order valence-corrected chi connectivity index (χ4v) is 7.93. The predicted molar refractivity (Wildman–Crippen MR) is 197 cm³/mol. The van der Waals surface area contributed by atoms with E-state index in [2.05, 4.69) is 65.9 Å². The van der Waals surface area contributed by atoms with Gasteiger partial charge in [-0.25, -0.2) is 4.79 Å². The smallest absolute Gasteiger partial charge is 0.338 e. The fraction of sp³-hybridized carbons (Fsp3) is 0.610. The topological polar surface area (TPSA) is 72.8 Å². The number of rotatable bonds is 20. The molecule has 0 radical (unpaired) electrons. The lowest BCUT2D eigenvalue weighted by Crippen LogP contribution is -2.45. The van der Waals surface area contributed by atoms with E-state index in [4.69, 9.17) is 14.3 Å². The summed E-state index contributed by atoms with van der Waals surface area (Å²) in [5.41, 5.74) is 4.17. The maximum Gasteiger partial charge on any atom is 0.338 e. The second kappa shape index (κ2) is 18.7. The Morgan fingerprint density at radius 2 is 1.55 bits per heavy atom. The van der Waals surface area contributed by atoms with Gasteiger partial charge in [0.05, 0.1) is 5.56 Å². The molecule has 5 nitrogen and oxygen atoms in total. The number of benzene rings is 2. The Kier molecular flexibility index (Phi) is 15.4. The van der Waals surface area contributed by atoms with Crippen molar-refractivity contribution in [3.05, 3.63) is 71.8 Å². The molecule has 2 aromatic rings. The van der Waals surface area contributed by atoms with Crippen molar-refractivity contribution in [1.82, 2.24) is 0 Å². The normalized spacial score (nSPS) is 18.1. The van der Waals surface area contributed by atoms with Gasteiger partial charge >= 0.3 is 11.9 Å². The van der Waals surface area contributed by atoms with Crippen LogP contribution in [0.4, 0.5) is 0 Å². The summed E-state index contributed by atoms with van der Waals surface area (Å²) in [7, 11) is -1.94. The molecule has 4 atom stereocenters. The van der Waals surface area contributed by atoms with Crippen molar-refractivity contribution in [1.29, 1.82) is 0 Å². The number of carboxylic acids is 1. The van der Waals surface area contributed by atoms with E-state index >= 15 is 0 Å². The minimum atomic E-state index is -1.94. The lowest BCUT2D eigenvalue weighted by Gasteiger charge is -2.41. The van der Waals surface area contributed by atoms with Gasteiger partial charge in [0.25, 0.3) is 0 Å². The van der Waals surface area contributed by atoms with Gasteiger partial charge in [-0.15, -0.1) is 0 Å². The highest BCUT2D eigenvalue weighted by molar-refractivity contribution is 6.74. The summed E-state index contributed by atoms with van der Waals surface area (Å²) in [6.45, 7) is 16.3. The molecule has 0 spiro atoms. The third-order valence-corrected chi connectivity index (χ3v) is 15.1. The van der Waals surface area contributed by atoms with Crippen LogP contribution < -0.4 is 0 Å². The minimum Gasteiger partial charge on any atom is -0.481 e. The summed E-state index contributed by atoms with van der Waals surface area (Å²) in [5, 5.41) is 9.17. The minimum absolute atomic E-state index is 0.156. The third kappa shape index (κ3) is 12.4. The highest BCUT2D eigenvalue weighted by Crippen LogP contribution is 2.41. The van der Waals surface area contributed by atoms with Crippen LogP contribution >= 0.6 is 0 Å². The molecule has 0 amide bonds. The van der Waals surface area contributed by atoms with E-state index in [0.717, 1.165) is 56.1 Å². The second-order valence-electron chi connectivity index (χ2n) is 15.3. The van der Waals surface area contributed by atoms with Crippen molar-refractivity contribution in [2.75, 3.05) is 0 Å². The van der Waals surface area contributed by atoms with E-state index in [1.54, 1.807) is 0 Å². The molecule has 0 aromatic heterocycles. The number of ether oxygens (including phenoxy) is 1. The largest absolute Gasteiger partial charge is 0.481 e. The Labute approximate surface area is 286 Å². The van der Waals surface area contributed by atoms with Crippen LogP contribution in [0.2, 0.25) is 18.1 Å². The van der Waals surface area contributed by atoms with Crippen molar-refractivity contribution >= 4 is 20.3 Å². The van der Waals surface area contributed by atoms with Crippen LogP contribution in [0.25, 0.3) is 11.1 Å². The van der Waals surface area contributed by atoms with Gasteiger partial charge in [-0.3, -0.25) is 4.79 Å². The number of hydrogen-bond donors (Lipinski definition) is 1.